The van der Waals surface area contributed by atoms with E-state index in [4.69, 9.17) is 16.6 Å². The third-order valence-corrected chi connectivity index (χ3v) is 2.67. The van der Waals surface area contributed by atoms with Crippen LogP contribution in [0.1, 0.15) is 32.1 Å². The minimum atomic E-state index is -1.18. The first-order chi connectivity index (χ1) is 5.57. The fraction of sp³-hybridized carbons (Fsp3) is 0.875. The van der Waals surface area contributed by atoms with Crippen molar-refractivity contribution < 1.29 is 9.90 Å². The largest absolute Gasteiger partial charge is 0.480 e. The molecular weight excluding hydrogens is 156 g/mol. The number of nitrogens with two attached hydrogens (primary N) is 2. The Morgan fingerprint density at radius 1 is 1.42 bits per heavy atom. The van der Waals surface area contributed by atoms with Crippen molar-refractivity contribution in [3.8, 4) is 0 Å². The molecule has 1 rings (SSSR count). The second-order valence-electron chi connectivity index (χ2n) is 3.55. The maximum atomic E-state index is 10.8. The van der Waals surface area contributed by atoms with Crippen LogP contribution in [0.15, 0.2) is 0 Å². The average Bonchev–Trinajstić information content (AvgIpc) is 2.16. The standard InChI is InChI=1S/C8H16N2O2/c9-6-4-2-1-3-5-8(6,10)7(11)12/h6H,1-5,9-10H2,(H,11,12). The molecule has 5 N–H and O–H groups in total. The molecule has 4 nitrogen and oxygen atoms in total. The van der Waals surface area contributed by atoms with Gasteiger partial charge in [0, 0.05) is 6.04 Å². The van der Waals surface area contributed by atoms with Crippen LogP contribution in [-0.4, -0.2) is 22.7 Å². The predicted octanol–water partition coefficient (Wildman–Crippen LogP) is 0.0599. The second kappa shape index (κ2) is 3.41. The number of carboxylic acid groups (broad SMARTS) is 1. The first kappa shape index (κ1) is 9.48. The van der Waals surface area contributed by atoms with Gasteiger partial charge in [0.2, 0.25) is 0 Å². The zero-order valence-corrected chi connectivity index (χ0v) is 7.12. The van der Waals surface area contributed by atoms with Crippen LogP contribution >= 0.6 is 0 Å². The summed E-state index contributed by atoms with van der Waals surface area (Å²) in [4.78, 5) is 10.8. The van der Waals surface area contributed by atoms with Crippen molar-refractivity contribution in [3.05, 3.63) is 0 Å². The minimum Gasteiger partial charge on any atom is -0.480 e. The molecule has 0 aromatic heterocycles. The normalized spacial score (nSPS) is 37.3. The summed E-state index contributed by atoms with van der Waals surface area (Å²) >= 11 is 0. The molecule has 0 bridgehead atoms. The molecule has 2 unspecified atom stereocenters. The number of aliphatic carboxylic acids is 1. The lowest BCUT2D eigenvalue weighted by Gasteiger charge is -2.28. The van der Waals surface area contributed by atoms with E-state index < -0.39 is 17.6 Å². The summed E-state index contributed by atoms with van der Waals surface area (Å²) in [6.45, 7) is 0. The molecule has 1 saturated carbocycles. The highest BCUT2D eigenvalue weighted by Gasteiger charge is 2.40. The Hall–Kier alpha value is -0.610. The highest BCUT2D eigenvalue weighted by Crippen LogP contribution is 2.24. The molecule has 0 amide bonds. The van der Waals surface area contributed by atoms with Crippen LogP contribution in [0.5, 0.6) is 0 Å². The molecule has 1 fully saturated rings. The molecular formula is C8H16N2O2. The lowest BCUT2D eigenvalue weighted by Crippen LogP contribution is -2.60. The molecule has 1 aliphatic rings. The van der Waals surface area contributed by atoms with Crippen molar-refractivity contribution in [2.24, 2.45) is 11.5 Å². The summed E-state index contributed by atoms with van der Waals surface area (Å²) in [6, 6.07) is -0.391. The fourth-order valence-corrected chi connectivity index (χ4v) is 1.67. The van der Waals surface area contributed by atoms with Gasteiger partial charge in [0.25, 0.3) is 0 Å². The Balaban J connectivity index is 2.75. The summed E-state index contributed by atoms with van der Waals surface area (Å²) in [6.07, 6.45) is 4.14. The van der Waals surface area contributed by atoms with Gasteiger partial charge < -0.3 is 16.6 Å². The lowest BCUT2D eigenvalue weighted by atomic mass is 9.87. The summed E-state index contributed by atoms with van der Waals surface area (Å²) in [7, 11) is 0. The number of hydrogen-bond acceptors (Lipinski definition) is 3. The van der Waals surface area contributed by atoms with E-state index >= 15 is 0 Å². The van der Waals surface area contributed by atoms with Crippen LogP contribution < -0.4 is 11.5 Å². The predicted molar refractivity (Wildman–Crippen MR) is 45.6 cm³/mol. The summed E-state index contributed by atoms with van der Waals surface area (Å²) in [5.74, 6) is -0.961. The zero-order valence-electron chi connectivity index (χ0n) is 7.12. The maximum absolute atomic E-state index is 10.8. The number of carboxylic acids is 1. The molecule has 0 aromatic rings. The Morgan fingerprint density at radius 3 is 2.67 bits per heavy atom. The molecule has 0 saturated heterocycles. The fourth-order valence-electron chi connectivity index (χ4n) is 1.67. The first-order valence-electron chi connectivity index (χ1n) is 4.35. The lowest BCUT2D eigenvalue weighted by molar-refractivity contribution is -0.144. The van der Waals surface area contributed by atoms with E-state index in [1.807, 2.05) is 0 Å². The van der Waals surface area contributed by atoms with Gasteiger partial charge in [-0.25, -0.2) is 0 Å². The summed E-state index contributed by atoms with van der Waals surface area (Å²) in [5.41, 5.74) is 10.2. The monoisotopic (exact) mass is 172 g/mol. The second-order valence-corrected chi connectivity index (χ2v) is 3.55. The van der Waals surface area contributed by atoms with Gasteiger partial charge in [-0.05, 0) is 12.8 Å². The number of carbonyl (C=O) groups is 1. The van der Waals surface area contributed by atoms with Crippen LogP contribution in [0.2, 0.25) is 0 Å². The van der Waals surface area contributed by atoms with E-state index in [-0.39, 0.29) is 0 Å². The van der Waals surface area contributed by atoms with Crippen molar-refractivity contribution in [2.75, 3.05) is 0 Å². The Kier molecular flexibility index (Phi) is 2.69. The maximum Gasteiger partial charge on any atom is 0.325 e. The molecule has 0 aliphatic heterocycles. The van der Waals surface area contributed by atoms with E-state index in [2.05, 4.69) is 0 Å². The quantitative estimate of drug-likeness (QED) is 0.488. The SMILES string of the molecule is NC1CCCCCC1(N)C(=O)O. The highest BCUT2D eigenvalue weighted by molar-refractivity contribution is 5.79. The van der Waals surface area contributed by atoms with Gasteiger partial charge in [-0.3, -0.25) is 4.79 Å². The third kappa shape index (κ3) is 1.59. The Bertz CT molecular complexity index is 184. The van der Waals surface area contributed by atoms with E-state index in [0.29, 0.717) is 6.42 Å². The van der Waals surface area contributed by atoms with Crippen LogP contribution in [0.25, 0.3) is 0 Å². The Labute approximate surface area is 71.9 Å². The van der Waals surface area contributed by atoms with Crippen LogP contribution in [0, 0.1) is 0 Å². The molecule has 1 aliphatic carbocycles. The van der Waals surface area contributed by atoms with Gasteiger partial charge in [-0.1, -0.05) is 19.3 Å². The van der Waals surface area contributed by atoms with E-state index in [1.54, 1.807) is 0 Å². The van der Waals surface area contributed by atoms with Crippen LogP contribution in [0.3, 0.4) is 0 Å². The minimum absolute atomic E-state index is 0.391. The van der Waals surface area contributed by atoms with Crippen molar-refractivity contribution >= 4 is 5.97 Å². The van der Waals surface area contributed by atoms with Crippen molar-refractivity contribution in [3.63, 3.8) is 0 Å². The summed E-state index contributed by atoms with van der Waals surface area (Å²) < 4.78 is 0. The van der Waals surface area contributed by atoms with Crippen molar-refractivity contribution in [2.45, 2.75) is 43.7 Å². The Morgan fingerprint density at radius 2 is 2.08 bits per heavy atom. The van der Waals surface area contributed by atoms with E-state index in [0.717, 1.165) is 25.7 Å². The molecule has 4 heteroatoms. The average molecular weight is 172 g/mol. The van der Waals surface area contributed by atoms with Gasteiger partial charge in [0.15, 0.2) is 0 Å². The smallest absolute Gasteiger partial charge is 0.325 e. The van der Waals surface area contributed by atoms with E-state index in [1.165, 1.54) is 0 Å². The highest BCUT2D eigenvalue weighted by atomic mass is 16.4. The molecule has 0 radical (unpaired) electrons. The molecule has 0 heterocycles. The number of rotatable bonds is 1. The van der Waals surface area contributed by atoms with Gasteiger partial charge in [-0.2, -0.15) is 0 Å². The number of hydrogen-bond donors (Lipinski definition) is 3. The van der Waals surface area contributed by atoms with Gasteiger partial charge in [0.1, 0.15) is 5.54 Å². The molecule has 0 spiro atoms. The van der Waals surface area contributed by atoms with Crippen molar-refractivity contribution in [1.82, 2.24) is 0 Å². The van der Waals surface area contributed by atoms with Crippen LogP contribution in [0.4, 0.5) is 0 Å². The van der Waals surface area contributed by atoms with E-state index in [9.17, 15) is 4.79 Å². The summed E-state index contributed by atoms with van der Waals surface area (Å²) in [5, 5.41) is 8.89. The van der Waals surface area contributed by atoms with Gasteiger partial charge in [0.05, 0.1) is 0 Å². The third-order valence-electron chi connectivity index (χ3n) is 2.67. The molecule has 12 heavy (non-hydrogen) atoms. The van der Waals surface area contributed by atoms with Crippen molar-refractivity contribution in [1.29, 1.82) is 0 Å². The topological polar surface area (TPSA) is 89.3 Å². The van der Waals surface area contributed by atoms with Gasteiger partial charge >= 0.3 is 5.97 Å². The molecule has 70 valence electrons. The van der Waals surface area contributed by atoms with Crippen LogP contribution in [-0.2, 0) is 4.79 Å². The molecule has 2 atom stereocenters. The molecule has 0 aromatic carbocycles. The zero-order chi connectivity index (χ0) is 9.19. The first-order valence-corrected chi connectivity index (χ1v) is 4.35. The van der Waals surface area contributed by atoms with Gasteiger partial charge in [-0.15, -0.1) is 0 Å².